The summed E-state index contributed by atoms with van der Waals surface area (Å²) in [6, 6.07) is 1.66. The number of halogens is 1. The summed E-state index contributed by atoms with van der Waals surface area (Å²) in [6.07, 6.45) is 5.36. The molecule has 1 saturated heterocycles. The zero-order chi connectivity index (χ0) is 12.5. The minimum Gasteiger partial charge on any atom is -0.338 e. The molecule has 0 N–H and O–H groups in total. The lowest BCUT2D eigenvalue weighted by atomic mass is 9.84. The third-order valence-corrected chi connectivity index (χ3v) is 3.52. The van der Waals surface area contributed by atoms with Crippen molar-refractivity contribution < 1.29 is 4.79 Å². The van der Waals surface area contributed by atoms with Crippen LogP contribution in [0.2, 0.25) is 5.02 Å². The van der Waals surface area contributed by atoms with Crippen LogP contribution in [0.4, 0.5) is 0 Å². The number of nitrogens with zero attached hydrogens (tertiary/aromatic N) is 2. The van der Waals surface area contributed by atoms with E-state index in [-0.39, 0.29) is 11.3 Å². The van der Waals surface area contributed by atoms with Crippen molar-refractivity contribution >= 4 is 17.5 Å². The van der Waals surface area contributed by atoms with Gasteiger partial charge in [-0.25, -0.2) is 0 Å². The normalized spacial score (nSPS) is 19.1. The maximum atomic E-state index is 12.3. The number of hydrogen-bond donors (Lipinski definition) is 0. The van der Waals surface area contributed by atoms with Crippen molar-refractivity contribution in [2.24, 2.45) is 5.41 Å². The molecule has 92 valence electrons. The van der Waals surface area contributed by atoms with Crippen molar-refractivity contribution in [1.29, 1.82) is 0 Å². The fourth-order valence-corrected chi connectivity index (χ4v) is 2.49. The Labute approximate surface area is 107 Å². The van der Waals surface area contributed by atoms with Crippen molar-refractivity contribution in [3.05, 3.63) is 29.0 Å². The van der Waals surface area contributed by atoms with E-state index in [2.05, 4.69) is 18.8 Å². The van der Waals surface area contributed by atoms with Gasteiger partial charge >= 0.3 is 0 Å². The Kier molecular flexibility index (Phi) is 3.38. The molecule has 0 radical (unpaired) electrons. The minimum absolute atomic E-state index is 0.00382. The van der Waals surface area contributed by atoms with E-state index in [0.29, 0.717) is 10.6 Å². The summed E-state index contributed by atoms with van der Waals surface area (Å²) in [6.45, 7) is 5.99. The van der Waals surface area contributed by atoms with Crippen LogP contribution in [0.25, 0.3) is 0 Å². The van der Waals surface area contributed by atoms with E-state index in [1.807, 2.05) is 4.90 Å². The summed E-state index contributed by atoms with van der Waals surface area (Å²) in [5.41, 5.74) is 0.703. The molecule has 1 aromatic heterocycles. The van der Waals surface area contributed by atoms with Crippen LogP contribution < -0.4 is 0 Å². The van der Waals surface area contributed by atoms with E-state index in [1.165, 1.54) is 0 Å². The molecule has 0 bridgehead atoms. The van der Waals surface area contributed by atoms with Gasteiger partial charge in [-0.1, -0.05) is 25.4 Å². The van der Waals surface area contributed by atoms with E-state index >= 15 is 0 Å². The Morgan fingerprint density at radius 3 is 2.94 bits per heavy atom. The van der Waals surface area contributed by atoms with E-state index in [1.54, 1.807) is 18.5 Å². The lowest BCUT2D eigenvalue weighted by Crippen LogP contribution is -2.43. The number of piperidine rings is 1. The molecule has 0 aliphatic carbocycles. The number of pyridine rings is 1. The van der Waals surface area contributed by atoms with Crippen molar-refractivity contribution in [2.75, 3.05) is 13.1 Å². The van der Waals surface area contributed by atoms with E-state index in [9.17, 15) is 4.79 Å². The van der Waals surface area contributed by atoms with E-state index < -0.39 is 0 Å². The lowest BCUT2D eigenvalue weighted by Gasteiger charge is -2.38. The number of aromatic nitrogens is 1. The number of likely N-dealkylation sites (tertiary alicyclic amines) is 1. The Bertz CT molecular complexity index is 431. The fourth-order valence-electron chi connectivity index (χ4n) is 2.30. The third kappa shape index (κ3) is 2.78. The first-order valence-electron chi connectivity index (χ1n) is 5.88. The van der Waals surface area contributed by atoms with Gasteiger partial charge in [-0.15, -0.1) is 0 Å². The predicted octanol–water partition coefficient (Wildman–Crippen LogP) is 3.00. The standard InChI is InChI=1S/C13H17ClN2O/c1-13(2)5-3-7-16(9-13)12(17)10-8-15-6-4-11(10)14/h4,6,8H,3,5,7,9H2,1-2H3. The molecule has 1 amide bonds. The Balaban J connectivity index is 2.18. The molecule has 0 aromatic carbocycles. The molecular weight excluding hydrogens is 236 g/mol. The largest absolute Gasteiger partial charge is 0.338 e. The smallest absolute Gasteiger partial charge is 0.256 e. The highest BCUT2D eigenvalue weighted by Gasteiger charge is 2.30. The summed E-state index contributed by atoms with van der Waals surface area (Å²) < 4.78 is 0. The quantitative estimate of drug-likeness (QED) is 0.770. The summed E-state index contributed by atoms with van der Waals surface area (Å²) in [4.78, 5) is 18.2. The number of amides is 1. The molecule has 1 aliphatic rings. The summed E-state index contributed by atoms with van der Waals surface area (Å²) in [5.74, 6) is -0.00382. The zero-order valence-corrected chi connectivity index (χ0v) is 11.0. The molecule has 2 rings (SSSR count). The predicted molar refractivity (Wildman–Crippen MR) is 68.2 cm³/mol. The van der Waals surface area contributed by atoms with Crippen LogP contribution in [0, 0.1) is 5.41 Å². The van der Waals surface area contributed by atoms with Crippen LogP contribution in [-0.4, -0.2) is 28.9 Å². The second-order valence-corrected chi connectivity index (χ2v) is 5.76. The minimum atomic E-state index is -0.00382. The highest BCUT2D eigenvalue weighted by Crippen LogP contribution is 2.29. The first kappa shape index (κ1) is 12.4. The van der Waals surface area contributed by atoms with Gasteiger partial charge in [0, 0.05) is 25.5 Å². The number of carbonyl (C=O) groups excluding carboxylic acids is 1. The number of hydrogen-bond acceptors (Lipinski definition) is 2. The van der Waals surface area contributed by atoms with Gasteiger partial charge in [-0.3, -0.25) is 9.78 Å². The molecule has 4 heteroatoms. The highest BCUT2D eigenvalue weighted by molar-refractivity contribution is 6.33. The molecule has 1 aliphatic heterocycles. The summed E-state index contributed by atoms with van der Waals surface area (Å²) in [7, 11) is 0. The van der Waals surface area contributed by atoms with Gasteiger partial charge in [0.25, 0.3) is 5.91 Å². The number of rotatable bonds is 1. The maximum Gasteiger partial charge on any atom is 0.256 e. The second kappa shape index (κ2) is 4.65. The molecule has 0 spiro atoms. The van der Waals surface area contributed by atoms with Gasteiger partial charge in [0.15, 0.2) is 0 Å². The van der Waals surface area contributed by atoms with Crippen LogP contribution >= 0.6 is 11.6 Å². The van der Waals surface area contributed by atoms with Crippen molar-refractivity contribution in [1.82, 2.24) is 9.88 Å². The van der Waals surface area contributed by atoms with Gasteiger partial charge < -0.3 is 4.90 Å². The Morgan fingerprint density at radius 2 is 2.29 bits per heavy atom. The third-order valence-electron chi connectivity index (χ3n) is 3.19. The topological polar surface area (TPSA) is 33.2 Å². The molecular formula is C13H17ClN2O. The fraction of sp³-hybridized carbons (Fsp3) is 0.538. The van der Waals surface area contributed by atoms with Crippen molar-refractivity contribution in [3.8, 4) is 0 Å². The van der Waals surface area contributed by atoms with Crippen LogP contribution in [0.15, 0.2) is 18.5 Å². The van der Waals surface area contributed by atoms with Crippen LogP contribution in [0.3, 0.4) is 0 Å². The molecule has 1 aromatic rings. The molecule has 0 atom stereocenters. The monoisotopic (exact) mass is 252 g/mol. The van der Waals surface area contributed by atoms with Gasteiger partial charge in [0.1, 0.15) is 0 Å². The van der Waals surface area contributed by atoms with E-state index in [0.717, 1.165) is 25.9 Å². The van der Waals surface area contributed by atoms with Crippen LogP contribution in [-0.2, 0) is 0 Å². The second-order valence-electron chi connectivity index (χ2n) is 5.35. The van der Waals surface area contributed by atoms with Gasteiger partial charge in [0.05, 0.1) is 10.6 Å². The van der Waals surface area contributed by atoms with Crippen LogP contribution in [0.1, 0.15) is 37.0 Å². The molecule has 3 nitrogen and oxygen atoms in total. The molecule has 0 saturated carbocycles. The van der Waals surface area contributed by atoms with E-state index in [4.69, 9.17) is 11.6 Å². The molecule has 1 fully saturated rings. The molecule has 17 heavy (non-hydrogen) atoms. The summed E-state index contributed by atoms with van der Waals surface area (Å²) in [5, 5.41) is 0.480. The van der Waals surface area contributed by atoms with Gasteiger partial charge in [0.2, 0.25) is 0 Å². The van der Waals surface area contributed by atoms with Crippen LogP contribution in [0.5, 0.6) is 0 Å². The Morgan fingerprint density at radius 1 is 1.53 bits per heavy atom. The molecule has 2 heterocycles. The first-order valence-corrected chi connectivity index (χ1v) is 6.26. The average molecular weight is 253 g/mol. The Hall–Kier alpha value is -1.09. The molecule has 0 unspecified atom stereocenters. The maximum absolute atomic E-state index is 12.3. The lowest BCUT2D eigenvalue weighted by molar-refractivity contribution is 0.0583. The summed E-state index contributed by atoms with van der Waals surface area (Å²) >= 11 is 6.02. The highest BCUT2D eigenvalue weighted by atomic mass is 35.5. The van der Waals surface area contributed by atoms with Gasteiger partial charge in [-0.05, 0) is 24.3 Å². The zero-order valence-electron chi connectivity index (χ0n) is 10.2. The van der Waals surface area contributed by atoms with Gasteiger partial charge in [-0.2, -0.15) is 0 Å². The number of carbonyl (C=O) groups is 1. The SMILES string of the molecule is CC1(C)CCCN(C(=O)c2cnccc2Cl)C1. The van der Waals surface area contributed by atoms with Crippen molar-refractivity contribution in [2.45, 2.75) is 26.7 Å². The average Bonchev–Trinajstić information content (AvgIpc) is 2.27. The first-order chi connectivity index (χ1) is 7.99. The van der Waals surface area contributed by atoms with Crippen molar-refractivity contribution in [3.63, 3.8) is 0 Å².